The fraction of sp³-hybridized carbons (Fsp3) is 0.444. The summed E-state index contributed by atoms with van der Waals surface area (Å²) in [6.45, 7) is 4.66. The number of nitrogens with one attached hydrogen (secondary N) is 1. The number of ether oxygens (including phenoxy) is 1. The second-order valence-corrected chi connectivity index (χ2v) is 10.00. The van der Waals surface area contributed by atoms with E-state index in [0.717, 1.165) is 29.5 Å². The molecule has 4 rings (SSSR count). The molecule has 7 nitrogen and oxygen atoms in total. The van der Waals surface area contributed by atoms with Crippen LogP contribution in [0.2, 0.25) is 0 Å². The molecule has 188 valence electrons. The summed E-state index contributed by atoms with van der Waals surface area (Å²) in [5.41, 5.74) is 7.54. The van der Waals surface area contributed by atoms with Crippen LogP contribution in [0.5, 0.6) is 0 Å². The van der Waals surface area contributed by atoms with Crippen molar-refractivity contribution in [3.8, 4) is 0 Å². The van der Waals surface area contributed by atoms with E-state index in [9.17, 15) is 14.4 Å². The van der Waals surface area contributed by atoms with Crippen LogP contribution in [0.1, 0.15) is 54.6 Å². The Labute approximate surface area is 212 Å². The number of Topliss-reactive ketones (excluding diaryl/α,β-unsaturated/α-hetero) is 1. The van der Waals surface area contributed by atoms with Crippen LogP contribution in [-0.4, -0.2) is 53.8 Å². The van der Waals surface area contributed by atoms with Crippen LogP contribution in [0, 0.1) is 0 Å². The number of ketones is 1. The molecule has 1 aliphatic carbocycles. The maximum Gasteiger partial charge on any atom is 0.247 e. The average molecular weight is 500 g/mol. The van der Waals surface area contributed by atoms with Crippen LogP contribution >= 0.6 is 12.4 Å². The largest absolute Gasteiger partial charge is 0.374 e. The molecule has 1 saturated heterocycles. The summed E-state index contributed by atoms with van der Waals surface area (Å²) in [4.78, 5) is 40.3. The highest BCUT2D eigenvalue weighted by atomic mass is 35.5. The van der Waals surface area contributed by atoms with Crippen LogP contribution < -0.4 is 11.1 Å². The minimum atomic E-state index is -1.11. The van der Waals surface area contributed by atoms with E-state index in [1.54, 1.807) is 18.7 Å². The summed E-state index contributed by atoms with van der Waals surface area (Å²) < 4.78 is 5.81. The Hall–Kier alpha value is -2.74. The van der Waals surface area contributed by atoms with Crippen LogP contribution in [0.25, 0.3) is 0 Å². The smallest absolute Gasteiger partial charge is 0.247 e. The molecule has 0 bridgehead atoms. The number of benzene rings is 2. The topological polar surface area (TPSA) is 102 Å². The molecule has 2 aliphatic rings. The molecule has 0 radical (unpaired) electrons. The molecule has 35 heavy (non-hydrogen) atoms. The van der Waals surface area contributed by atoms with E-state index in [2.05, 4.69) is 5.32 Å². The average Bonchev–Trinajstić information content (AvgIpc) is 3.10. The van der Waals surface area contributed by atoms with E-state index in [1.165, 1.54) is 0 Å². The lowest BCUT2D eigenvalue weighted by molar-refractivity contribution is -0.140. The van der Waals surface area contributed by atoms with Crippen molar-refractivity contribution in [1.82, 2.24) is 10.2 Å². The van der Waals surface area contributed by atoms with Crippen LogP contribution in [-0.2, 0) is 26.3 Å². The molecule has 1 atom stereocenters. The molecule has 8 heteroatoms. The lowest BCUT2D eigenvalue weighted by atomic mass is 9.73. The van der Waals surface area contributed by atoms with Crippen molar-refractivity contribution in [1.29, 1.82) is 0 Å². The number of piperidine rings is 1. The third-order valence-corrected chi connectivity index (χ3v) is 6.91. The van der Waals surface area contributed by atoms with Gasteiger partial charge in [0.1, 0.15) is 6.04 Å². The van der Waals surface area contributed by atoms with Crippen molar-refractivity contribution in [2.75, 3.05) is 19.7 Å². The van der Waals surface area contributed by atoms with E-state index < -0.39 is 17.5 Å². The van der Waals surface area contributed by atoms with Crippen LogP contribution in [0.15, 0.2) is 54.6 Å². The Morgan fingerprint density at radius 2 is 1.71 bits per heavy atom. The Morgan fingerprint density at radius 3 is 2.37 bits per heavy atom. The van der Waals surface area contributed by atoms with Gasteiger partial charge < -0.3 is 20.7 Å². The van der Waals surface area contributed by atoms with Gasteiger partial charge in [0.05, 0.1) is 18.8 Å². The van der Waals surface area contributed by atoms with Crippen molar-refractivity contribution >= 4 is 30.0 Å². The molecular formula is C27H34ClN3O4. The fourth-order valence-electron chi connectivity index (χ4n) is 4.90. The second-order valence-electron chi connectivity index (χ2n) is 10.00. The van der Waals surface area contributed by atoms with E-state index in [1.807, 2.05) is 54.6 Å². The number of rotatable bonds is 7. The normalized spacial score (nSPS) is 17.5. The van der Waals surface area contributed by atoms with Gasteiger partial charge in [0, 0.05) is 30.5 Å². The van der Waals surface area contributed by atoms with E-state index in [-0.39, 0.29) is 36.1 Å². The zero-order valence-corrected chi connectivity index (χ0v) is 21.1. The van der Waals surface area contributed by atoms with Gasteiger partial charge in [-0.05, 0) is 37.8 Å². The first-order valence-electron chi connectivity index (χ1n) is 11.8. The quantitative estimate of drug-likeness (QED) is 0.609. The molecule has 1 aliphatic heterocycles. The zero-order chi connectivity index (χ0) is 24.3. The van der Waals surface area contributed by atoms with Gasteiger partial charge in [-0.25, -0.2) is 0 Å². The Kier molecular flexibility index (Phi) is 8.36. The fourth-order valence-corrected chi connectivity index (χ4v) is 4.90. The molecule has 2 aromatic carbocycles. The maximum absolute atomic E-state index is 13.4. The maximum atomic E-state index is 13.4. The number of carbonyl (C=O) groups excluding carboxylic acids is 3. The van der Waals surface area contributed by atoms with Crippen molar-refractivity contribution in [2.45, 2.75) is 56.7 Å². The standard InChI is InChI=1S/C27H33N3O4.ClH/c1-26(2,28)25(33)29-22(18-34-17-19-8-4-3-5-9-19)24(32)30-14-12-27(13-15-30)16-23(31)20-10-6-7-11-21(20)27;/h3-11,22H,12-18,28H2,1-2H3,(H,29,33);1H/t22-;/m1./s1. The minimum Gasteiger partial charge on any atom is -0.374 e. The predicted octanol–water partition coefficient (Wildman–Crippen LogP) is 2.99. The zero-order valence-electron chi connectivity index (χ0n) is 20.3. The highest BCUT2D eigenvalue weighted by Gasteiger charge is 2.46. The Morgan fingerprint density at radius 1 is 1.09 bits per heavy atom. The lowest BCUT2D eigenvalue weighted by Gasteiger charge is -2.41. The van der Waals surface area contributed by atoms with E-state index in [4.69, 9.17) is 10.5 Å². The van der Waals surface area contributed by atoms with Crippen LogP contribution in [0.4, 0.5) is 0 Å². The van der Waals surface area contributed by atoms with Gasteiger partial charge in [0.15, 0.2) is 5.78 Å². The second kappa shape index (κ2) is 10.9. The third-order valence-electron chi connectivity index (χ3n) is 6.91. The van der Waals surface area contributed by atoms with E-state index >= 15 is 0 Å². The number of amides is 2. The molecule has 2 aromatic rings. The third kappa shape index (κ3) is 5.92. The number of halogens is 1. The molecule has 0 saturated carbocycles. The molecule has 3 N–H and O–H groups in total. The molecule has 2 amide bonds. The first-order valence-corrected chi connectivity index (χ1v) is 11.8. The van der Waals surface area contributed by atoms with Gasteiger partial charge in [-0.15, -0.1) is 12.4 Å². The number of hydrogen-bond donors (Lipinski definition) is 2. The number of nitrogens with two attached hydrogens (primary N) is 1. The summed E-state index contributed by atoms with van der Waals surface area (Å²) >= 11 is 0. The summed E-state index contributed by atoms with van der Waals surface area (Å²) in [5.74, 6) is -0.406. The van der Waals surface area contributed by atoms with Crippen molar-refractivity contribution in [3.63, 3.8) is 0 Å². The Balaban J connectivity index is 0.00000342. The van der Waals surface area contributed by atoms with Gasteiger partial charge in [-0.2, -0.15) is 0 Å². The van der Waals surface area contributed by atoms with Gasteiger partial charge in [-0.1, -0.05) is 54.6 Å². The van der Waals surface area contributed by atoms with Crippen LogP contribution in [0.3, 0.4) is 0 Å². The molecule has 0 unspecified atom stereocenters. The number of likely N-dealkylation sites (tertiary alicyclic amines) is 1. The minimum absolute atomic E-state index is 0. The molecule has 1 heterocycles. The van der Waals surface area contributed by atoms with E-state index in [0.29, 0.717) is 26.1 Å². The first kappa shape index (κ1) is 26.9. The summed E-state index contributed by atoms with van der Waals surface area (Å²) in [6.07, 6.45) is 1.93. The molecule has 0 aromatic heterocycles. The highest BCUT2D eigenvalue weighted by Crippen LogP contribution is 2.46. The van der Waals surface area contributed by atoms with Gasteiger partial charge in [-0.3, -0.25) is 14.4 Å². The molecule has 1 spiro atoms. The number of fused-ring (bicyclic) bond motifs is 2. The lowest BCUT2D eigenvalue weighted by Crippen LogP contribution is -2.59. The van der Waals surface area contributed by atoms with Crippen molar-refractivity contribution in [3.05, 3.63) is 71.3 Å². The monoisotopic (exact) mass is 499 g/mol. The Bertz CT molecular complexity index is 1060. The van der Waals surface area contributed by atoms with Gasteiger partial charge >= 0.3 is 0 Å². The predicted molar refractivity (Wildman–Crippen MR) is 136 cm³/mol. The van der Waals surface area contributed by atoms with Crippen molar-refractivity contribution in [2.24, 2.45) is 5.73 Å². The molecular weight excluding hydrogens is 466 g/mol. The van der Waals surface area contributed by atoms with Gasteiger partial charge in [0.25, 0.3) is 0 Å². The summed E-state index contributed by atoms with van der Waals surface area (Å²) in [5, 5.41) is 2.79. The summed E-state index contributed by atoms with van der Waals surface area (Å²) in [7, 11) is 0. The first-order chi connectivity index (χ1) is 16.2. The number of nitrogens with zero attached hydrogens (tertiary/aromatic N) is 1. The van der Waals surface area contributed by atoms with Gasteiger partial charge in [0.2, 0.25) is 11.8 Å². The molecule has 1 fully saturated rings. The SMILES string of the molecule is CC(C)(N)C(=O)N[C@H](COCc1ccccc1)C(=O)N1CCC2(CC1)CC(=O)c1ccccc12.Cl. The highest BCUT2D eigenvalue weighted by molar-refractivity contribution is 6.02. The summed E-state index contributed by atoms with van der Waals surface area (Å²) in [6, 6.07) is 16.7. The van der Waals surface area contributed by atoms with Crippen molar-refractivity contribution < 1.29 is 19.1 Å². The number of carbonyl (C=O) groups is 3. The number of hydrogen-bond acceptors (Lipinski definition) is 5.